The predicted molar refractivity (Wildman–Crippen MR) is 141 cm³/mol. The number of aliphatic carboxylic acids is 1. The maximum atomic E-state index is 10.4. The zero-order valence-corrected chi connectivity index (χ0v) is 21.0. The van der Waals surface area contributed by atoms with Gasteiger partial charge in [0.25, 0.3) is 0 Å². The molecule has 0 bridgehead atoms. The van der Waals surface area contributed by atoms with Gasteiger partial charge in [0, 0.05) is 11.1 Å². The summed E-state index contributed by atoms with van der Waals surface area (Å²) < 4.78 is 0. The van der Waals surface area contributed by atoms with Crippen LogP contribution in [0.15, 0.2) is 83.5 Å². The lowest BCUT2D eigenvalue weighted by Crippen LogP contribution is -2.08. The first kappa shape index (κ1) is 28.9. The Morgan fingerprint density at radius 1 is 0.939 bits per heavy atom. The molecule has 1 aliphatic carbocycles. The van der Waals surface area contributed by atoms with Crippen molar-refractivity contribution < 1.29 is 15.0 Å². The highest BCUT2D eigenvalue weighted by molar-refractivity contribution is 6.29. The molecule has 33 heavy (non-hydrogen) atoms. The molecule has 0 aromatic rings. The van der Waals surface area contributed by atoms with E-state index >= 15 is 0 Å². The summed E-state index contributed by atoms with van der Waals surface area (Å²) >= 11 is 6.40. The molecular formula is C29H41ClO3. The number of hydrogen-bond acceptors (Lipinski definition) is 2. The van der Waals surface area contributed by atoms with Crippen molar-refractivity contribution in [2.24, 2.45) is 11.8 Å². The molecule has 0 amide bonds. The van der Waals surface area contributed by atoms with Crippen LogP contribution in [-0.2, 0) is 4.79 Å². The van der Waals surface area contributed by atoms with Crippen LogP contribution < -0.4 is 0 Å². The van der Waals surface area contributed by atoms with Crippen LogP contribution in [0.4, 0.5) is 0 Å². The number of rotatable bonds is 14. The van der Waals surface area contributed by atoms with Crippen molar-refractivity contribution in [2.45, 2.75) is 77.7 Å². The first-order valence-electron chi connectivity index (χ1n) is 12.2. The second-order valence-corrected chi connectivity index (χ2v) is 9.26. The standard InChI is InChI=1S/C29H41ClO3/c1-24(15-11-13-21-29(32)33)14-10-12-20-28(30)25(2)22-23-27(31)19-9-4-3-6-16-26-17-7-5-8-18-26/h3-4,6,10-16,20-21,25-27,31H,5,7-9,17-19,22-23H2,1-2H3,(H,32,33)/b4-3+,12-10+,15-11+,16-6+,21-13+,24-14+,28-20-/t25-,27+/m0/s1. The Kier molecular flexibility index (Phi) is 16.1. The van der Waals surface area contributed by atoms with E-state index in [9.17, 15) is 9.90 Å². The Balaban J connectivity index is 2.26. The number of halogens is 1. The third kappa shape index (κ3) is 16.2. The second-order valence-electron chi connectivity index (χ2n) is 8.82. The number of carboxylic acids is 1. The number of carboxylic acid groups (broad SMARTS) is 1. The molecule has 0 aliphatic heterocycles. The van der Waals surface area contributed by atoms with Crippen LogP contribution in [-0.4, -0.2) is 22.3 Å². The molecule has 0 heterocycles. The second kappa shape index (κ2) is 18.3. The number of carbonyl (C=O) groups is 1. The summed E-state index contributed by atoms with van der Waals surface area (Å²) in [6, 6.07) is 0. The maximum Gasteiger partial charge on any atom is 0.328 e. The van der Waals surface area contributed by atoms with Gasteiger partial charge in [-0.25, -0.2) is 4.79 Å². The van der Waals surface area contributed by atoms with Crippen LogP contribution in [0, 0.1) is 11.8 Å². The first-order chi connectivity index (χ1) is 15.9. The van der Waals surface area contributed by atoms with Gasteiger partial charge in [0.2, 0.25) is 0 Å². The predicted octanol–water partition coefficient (Wildman–Crippen LogP) is 8.06. The molecule has 1 rings (SSSR count). The monoisotopic (exact) mass is 472 g/mol. The summed E-state index contributed by atoms with van der Waals surface area (Å²) in [7, 11) is 0. The van der Waals surface area contributed by atoms with Crippen molar-refractivity contribution in [3.8, 4) is 0 Å². The van der Waals surface area contributed by atoms with Crippen LogP contribution in [0.1, 0.15) is 71.6 Å². The average Bonchev–Trinajstić information content (AvgIpc) is 2.80. The van der Waals surface area contributed by atoms with Crippen molar-refractivity contribution in [3.63, 3.8) is 0 Å². The van der Waals surface area contributed by atoms with Crippen molar-refractivity contribution in [3.05, 3.63) is 83.5 Å². The highest BCUT2D eigenvalue weighted by Gasteiger charge is 2.10. The third-order valence-corrected chi connectivity index (χ3v) is 6.28. The van der Waals surface area contributed by atoms with Gasteiger partial charge in [-0.15, -0.1) is 0 Å². The van der Waals surface area contributed by atoms with Gasteiger partial charge in [-0.05, 0) is 63.4 Å². The van der Waals surface area contributed by atoms with Gasteiger partial charge in [-0.3, -0.25) is 0 Å². The normalized spacial score (nSPS) is 19.0. The largest absolute Gasteiger partial charge is 0.478 e. The average molecular weight is 473 g/mol. The van der Waals surface area contributed by atoms with E-state index in [0.29, 0.717) is 0 Å². The Morgan fingerprint density at radius 2 is 1.64 bits per heavy atom. The molecule has 2 N–H and O–H groups in total. The lowest BCUT2D eigenvalue weighted by molar-refractivity contribution is -0.131. The molecule has 0 radical (unpaired) electrons. The van der Waals surface area contributed by atoms with Gasteiger partial charge in [0.1, 0.15) is 0 Å². The number of hydrogen-bond donors (Lipinski definition) is 2. The molecule has 182 valence electrons. The van der Waals surface area contributed by atoms with Crippen molar-refractivity contribution >= 4 is 17.6 Å². The molecule has 1 saturated carbocycles. The summed E-state index contributed by atoms with van der Waals surface area (Å²) in [6.45, 7) is 4.01. The summed E-state index contributed by atoms with van der Waals surface area (Å²) in [5.74, 6) is -0.00384. The fraction of sp³-hybridized carbons (Fsp3) is 0.483. The molecule has 0 saturated heterocycles. The number of allylic oxidation sites excluding steroid dienone is 13. The minimum absolute atomic E-state index is 0.200. The van der Waals surface area contributed by atoms with Gasteiger partial charge in [-0.1, -0.05) is 104 Å². The van der Waals surface area contributed by atoms with E-state index in [1.807, 2.05) is 37.3 Å². The summed E-state index contributed by atoms with van der Waals surface area (Å²) in [6.07, 6.45) is 32.2. The molecule has 0 unspecified atom stereocenters. The minimum Gasteiger partial charge on any atom is -0.478 e. The first-order valence-corrected chi connectivity index (χ1v) is 12.6. The zero-order chi connectivity index (χ0) is 24.3. The fourth-order valence-electron chi connectivity index (χ4n) is 3.66. The summed E-state index contributed by atoms with van der Waals surface area (Å²) in [5.41, 5.74) is 1.00. The molecule has 2 atom stereocenters. The molecule has 1 aliphatic rings. The molecule has 3 nitrogen and oxygen atoms in total. The Hall–Kier alpha value is -2.10. The molecule has 0 spiro atoms. The summed E-state index contributed by atoms with van der Waals surface area (Å²) in [5, 5.41) is 19.6. The van der Waals surface area contributed by atoms with Crippen LogP contribution >= 0.6 is 11.6 Å². The zero-order valence-electron chi connectivity index (χ0n) is 20.2. The molecular weight excluding hydrogens is 432 g/mol. The highest BCUT2D eigenvalue weighted by atomic mass is 35.5. The van der Waals surface area contributed by atoms with E-state index in [-0.39, 0.29) is 12.0 Å². The van der Waals surface area contributed by atoms with E-state index in [0.717, 1.165) is 48.3 Å². The summed E-state index contributed by atoms with van der Waals surface area (Å²) in [4.78, 5) is 10.4. The van der Waals surface area contributed by atoms with Gasteiger partial charge in [0.05, 0.1) is 6.10 Å². The van der Waals surface area contributed by atoms with E-state index < -0.39 is 5.97 Å². The van der Waals surface area contributed by atoms with Crippen molar-refractivity contribution in [1.29, 1.82) is 0 Å². The molecule has 0 aromatic carbocycles. The lowest BCUT2D eigenvalue weighted by Gasteiger charge is -2.17. The Labute approximate surface area is 205 Å². The van der Waals surface area contributed by atoms with E-state index in [2.05, 4.69) is 31.2 Å². The maximum absolute atomic E-state index is 10.4. The van der Waals surface area contributed by atoms with Crippen LogP contribution in [0.5, 0.6) is 0 Å². The fourth-order valence-corrected chi connectivity index (χ4v) is 3.84. The van der Waals surface area contributed by atoms with Crippen molar-refractivity contribution in [2.75, 3.05) is 0 Å². The van der Waals surface area contributed by atoms with Gasteiger partial charge >= 0.3 is 5.97 Å². The number of aliphatic hydroxyl groups is 1. The minimum atomic E-state index is -0.961. The van der Waals surface area contributed by atoms with Crippen LogP contribution in [0.3, 0.4) is 0 Å². The van der Waals surface area contributed by atoms with Gasteiger partial charge in [0.15, 0.2) is 0 Å². The number of aliphatic hydroxyl groups excluding tert-OH is 1. The van der Waals surface area contributed by atoms with E-state index in [1.54, 1.807) is 6.08 Å². The lowest BCUT2D eigenvalue weighted by atomic mass is 9.89. The van der Waals surface area contributed by atoms with Crippen LogP contribution in [0.25, 0.3) is 0 Å². The third-order valence-electron chi connectivity index (χ3n) is 5.79. The van der Waals surface area contributed by atoms with Crippen LogP contribution in [0.2, 0.25) is 0 Å². The smallest absolute Gasteiger partial charge is 0.328 e. The van der Waals surface area contributed by atoms with E-state index in [1.165, 1.54) is 38.2 Å². The quantitative estimate of drug-likeness (QED) is 0.198. The Bertz CT molecular complexity index is 762. The molecule has 1 fully saturated rings. The molecule has 0 aromatic heterocycles. The topological polar surface area (TPSA) is 57.5 Å². The SMILES string of the molecule is CC(/C=C/C=C/C(=O)O)=C\C=C\C=C(/Cl)[C@@H](C)CC[C@H](O)CC/C=C/C=C/C1CCCCC1. The van der Waals surface area contributed by atoms with Crippen molar-refractivity contribution in [1.82, 2.24) is 0 Å². The molecule has 4 heteroatoms. The van der Waals surface area contributed by atoms with E-state index in [4.69, 9.17) is 16.7 Å². The van der Waals surface area contributed by atoms with Gasteiger partial charge < -0.3 is 10.2 Å². The van der Waals surface area contributed by atoms with Gasteiger partial charge in [-0.2, -0.15) is 0 Å². The highest BCUT2D eigenvalue weighted by Crippen LogP contribution is 2.24. The Morgan fingerprint density at radius 3 is 2.36 bits per heavy atom.